The van der Waals surface area contributed by atoms with Gasteiger partial charge in [0.25, 0.3) is 0 Å². The van der Waals surface area contributed by atoms with Crippen molar-refractivity contribution in [2.45, 2.75) is 13.2 Å². The van der Waals surface area contributed by atoms with Crippen LogP contribution in [0, 0.1) is 0 Å². The van der Waals surface area contributed by atoms with Crippen LogP contribution in [0.5, 0.6) is 0 Å². The van der Waals surface area contributed by atoms with Crippen LogP contribution in [0.4, 0.5) is 5.69 Å². The predicted octanol–water partition coefficient (Wildman–Crippen LogP) is 3.20. The summed E-state index contributed by atoms with van der Waals surface area (Å²) in [6.07, 6.45) is 0.440. The average Bonchev–Trinajstić information content (AvgIpc) is 2.62. The highest BCUT2D eigenvalue weighted by Gasteiger charge is 2.35. The van der Waals surface area contributed by atoms with E-state index >= 15 is 0 Å². The van der Waals surface area contributed by atoms with E-state index in [0.717, 1.165) is 11.3 Å². The molecule has 2 aromatic rings. The highest BCUT2D eigenvalue weighted by Crippen LogP contribution is 2.35. The number of benzene rings is 2. The molecular formula is C19H17NO4. The highest BCUT2D eigenvalue weighted by molar-refractivity contribution is 6.01. The molecule has 1 unspecified atom stereocenters. The van der Waals surface area contributed by atoms with Crippen molar-refractivity contribution in [2.75, 3.05) is 11.5 Å². The topological polar surface area (TPSA) is 55.8 Å². The van der Waals surface area contributed by atoms with Crippen LogP contribution in [-0.4, -0.2) is 18.5 Å². The minimum Gasteiger partial charge on any atom is -0.461 e. The lowest BCUT2D eigenvalue weighted by Crippen LogP contribution is -2.39. The number of esters is 2. The lowest BCUT2D eigenvalue weighted by Gasteiger charge is -2.36. The van der Waals surface area contributed by atoms with Crippen molar-refractivity contribution in [1.82, 2.24) is 0 Å². The van der Waals surface area contributed by atoms with Gasteiger partial charge in [0.2, 0.25) is 6.23 Å². The van der Waals surface area contributed by atoms with Gasteiger partial charge in [-0.3, -0.25) is 4.90 Å². The average molecular weight is 323 g/mol. The van der Waals surface area contributed by atoms with Crippen LogP contribution in [0.3, 0.4) is 0 Å². The Morgan fingerprint density at radius 1 is 1.08 bits per heavy atom. The van der Waals surface area contributed by atoms with Crippen LogP contribution in [0.2, 0.25) is 0 Å². The quantitative estimate of drug-likeness (QED) is 0.809. The standard InChI is InChI=1S/C19H17NO4/c1-2-23-19(22)16-13-17(21)24-18(14-9-5-3-6-10-14)20(16)15-11-7-4-8-12-15/h3-13,18H,2H2,1H3. The maximum Gasteiger partial charge on any atom is 0.355 e. The maximum absolute atomic E-state index is 12.4. The van der Waals surface area contributed by atoms with Crippen molar-refractivity contribution < 1.29 is 19.1 Å². The van der Waals surface area contributed by atoms with Gasteiger partial charge >= 0.3 is 11.9 Å². The fourth-order valence-corrected chi connectivity index (χ4v) is 2.56. The number of hydrogen-bond acceptors (Lipinski definition) is 5. The SMILES string of the molecule is CCOC(=O)C1=CC(=O)OC(c2ccccc2)N1c1ccccc1. The molecule has 0 bridgehead atoms. The molecule has 1 aliphatic rings. The Hall–Kier alpha value is -3.08. The summed E-state index contributed by atoms with van der Waals surface area (Å²) < 4.78 is 10.6. The van der Waals surface area contributed by atoms with Crippen LogP contribution >= 0.6 is 0 Å². The molecule has 1 aliphatic heterocycles. The Bertz CT molecular complexity index is 755. The van der Waals surface area contributed by atoms with Gasteiger partial charge in [-0.05, 0) is 19.1 Å². The molecule has 0 amide bonds. The van der Waals surface area contributed by atoms with Gasteiger partial charge < -0.3 is 9.47 Å². The number of cyclic esters (lactones) is 1. The predicted molar refractivity (Wildman–Crippen MR) is 88.9 cm³/mol. The molecule has 1 atom stereocenters. The van der Waals surface area contributed by atoms with Gasteiger partial charge in [-0.2, -0.15) is 0 Å². The molecule has 0 aromatic heterocycles. The number of carbonyl (C=O) groups is 2. The molecule has 0 radical (unpaired) electrons. The van der Waals surface area contributed by atoms with Gasteiger partial charge in [0.1, 0.15) is 5.70 Å². The van der Waals surface area contributed by atoms with Crippen molar-refractivity contribution in [3.8, 4) is 0 Å². The van der Waals surface area contributed by atoms with Gasteiger partial charge in [-0.1, -0.05) is 48.5 Å². The van der Waals surface area contributed by atoms with Crippen molar-refractivity contribution in [3.05, 3.63) is 78.0 Å². The van der Waals surface area contributed by atoms with Gasteiger partial charge in [-0.15, -0.1) is 0 Å². The van der Waals surface area contributed by atoms with Gasteiger partial charge in [0.05, 0.1) is 12.7 Å². The van der Waals surface area contributed by atoms with E-state index in [2.05, 4.69) is 0 Å². The second-order valence-electron chi connectivity index (χ2n) is 5.16. The molecule has 1 heterocycles. The van der Waals surface area contributed by atoms with E-state index in [9.17, 15) is 9.59 Å². The zero-order chi connectivity index (χ0) is 16.9. The Balaban J connectivity index is 2.10. The number of anilines is 1. The minimum absolute atomic E-state index is 0.160. The molecular weight excluding hydrogens is 306 g/mol. The van der Waals surface area contributed by atoms with Crippen molar-refractivity contribution in [3.63, 3.8) is 0 Å². The Labute approximate surface area is 140 Å². The van der Waals surface area contributed by atoms with Crippen molar-refractivity contribution >= 4 is 17.6 Å². The first-order chi connectivity index (χ1) is 11.7. The number of rotatable bonds is 4. The molecule has 2 aromatic carbocycles. The molecule has 0 saturated carbocycles. The number of carbonyl (C=O) groups excluding carboxylic acids is 2. The number of ether oxygens (including phenoxy) is 2. The molecule has 0 N–H and O–H groups in total. The van der Waals surface area contributed by atoms with E-state index in [1.54, 1.807) is 11.8 Å². The zero-order valence-corrected chi connectivity index (χ0v) is 13.2. The second kappa shape index (κ2) is 7.00. The summed E-state index contributed by atoms with van der Waals surface area (Å²) in [4.78, 5) is 26.0. The Morgan fingerprint density at radius 3 is 2.33 bits per heavy atom. The van der Waals surface area contributed by atoms with Gasteiger partial charge in [-0.25, -0.2) is 9.59 Å². The first-order valence-electron chi connectivity index (χ1n) is 7.69. The number of nitrogens with zero attached hydrogens (tertiary/aromatic N) is 1. The molecule has 122 valence electrons. The zero-order valence-electron chi connectivity index (χ0n) is 13.2. The molecule has 0 saturated heterocycles. The van der Waals surface area contributed by atoms with Gasteiger partial charge in [0, 0.05) is 11.3 Å². The third kappa shape index (κ3) is 3.15. The smallest absolute Gasteiger partial charge is 0.355 e. The molecule has 0 spiro atoms. The second-order valence-corrected chi connectivity index (χ2v) is 5.16. The summed E-state index contributed by atoms with van der Waals surface area (Å²) in [5.41, 5.74) is 1.66. The van der Waals surface area contributed by atoms with Crippen LogP contribution in [0.25, 0.3) is 0 Å². The fourth-order valence-electron chi connectivity index (χ4n) is 2.56. The Morgan fingerprint density at radius 2 is 1.71 bits per heavy atom. The first-order valence-corrected chi connectivity index (χ1v) is 7.69. The van der Waals surface area contributed by atoms with E-state index < -0.39 is 18.2 Å². The van der Waals surface area contributed by atoms with Gasteiger partial charge in [0.15, 0.2) is 0 Å². The molecule has 5 heteroatoms. The summed E-state index contributed by atoms with van der Waals surface area (Å²) >= 11 is 0. The molecule has 5 nitrogen and oxygen atoms in total. The monoisotopic (exact) mass is 323 g/mol. The molecule has 24 heavy (non-hydrogen) atoms. The van der Waals surface area contributed by atoms with E-state index in [4.69, 9.17) is 9.47 Å². The number of para-hydroxylation sites is 1. The molecule has 0 aliphatic carbocycles. The number of hydrogen-bond donors (Lipinski definition) is 0. The molecule has 0 fully saturated rings. The van der Waals surface area contributed by atoms with Crippen molar-refractivity contribution in [1.29, 1.82) is 0 Å². The maximum atomic E-state index is 12.4. The van der Waals surface area contributed by atoms with E-state index in [-0.39, 0.29) is 12.3 Å². The summed E-state index contributed by atoms with van der Waals surface area (Å²) in [7, 11) is 0. The fraction of sp³-hybridized carbons (Fsp3) is 0.158. The third-order valence-electron chi connectivity index (χ3n) is 3.58. The summed E-state index contributed by atoms with van der Waals surface area (Å²) in [6.45, 7) is 1.95. The largest absolute Gasteiger partial charge is 0.461 e. The van der Waals surface area contributed by atoms with Crippen LogP contribution in [-0.2, 0) is 19.1 Å². The summed E-state index contributed by atoms with van der Waals surface area (Å²) in [6, 6.07) is 18.6. The van der Waals surface area contributed by atoms with E-state index in [0.29, 0.717) is 0 Å². The lowest BCUT2D eigenvalue weighted by atomic mass is 10.1. The van der Waals surface area contributed by atoms with Crippen LogP contribution in [0.15, 0.2) is 72.4 Å². The lowest BCUT2D eigenvalue weighted by molar-refractivity contribution is -0.148. The first kappa shape index (κ1) is 15.8. The molecule has 3 rings (SSSR count). The van der Waals surface area contributed by atoms with E-state index in [1.807, 2.05) is 60.7 Å². The highest BCUT2D eigenvalue weighted by atomic mass is 16.6. The summed E-state index contributed by atoms with van der Waals surface area (Å²) in [5.74, 6) is -1.13. The van der Waals surface area contributed by atoms with Crippen LogP contribution < -0.4 is 4.90 Å². The van der Waals surface area contributed by atoms with E-state index in [1.165, 1.54) is 6.08 Å². The normalized spacial score (nSPS) is 17.0. The Kier molecular flexibility index (Phi) is 4.61. The summed E-state index contributed by atoms with van der Waals surface area (Å²) in [5, 5.41) is 0. The van der Waals surface area contributed by atoms with Crippen LogP contribution in [0.1, 0.15) is 18.7 Å². The minimum atomic E-state index is -0.731. The van der Waals surface area contributed by atoms with Crippen molar-refractivity contribution in [2.24, 2.45) is 0 Å². The third-order valence-corrected chi connectivity index (χ3v) is 3.58.